The van der Waals surface area contributed by atoms with Gasteiger partial charge in [0.25, 0.3) is 0 Å². The van der Waals surface area contributed by atoms with E-state index in [4.69, 9.17) is 14.6 Å². The van der Waals surface area contributed by atoms with Crippen molar-refractivity contribution in [2.24, 2.45) is 0 Å². The van der Waals surface area contributed by atoms with Crippen LogP contribution in [0.15, 0.2) is 18.2 Å². The molecule has 1 N–H and O–H groups in total. The Morgan fingerprint density at radius 1 is 1.47 bits per heavy atom. The van der Waals surface area contributed by atoms with E-state index in [-0.39, 0.29) is 19.0 Å². The van der Waals surface area contributed by atoms with Crippen molar-refractivity contribution >= 4 is 5.97 Å². The van der Waals surface area contributed by atoms with Gasteiger partial charge in [-0.25, -0.2) is 9.18 Å². The summed E-state index contributed by atoms with van der Waals surface area (Å²) in [6.07, 6.45) is -0.816. The van der Waals surface area contributed by atoms with Gasteiger partial charge in [-0.2, -0.15) is 0 Å². The molecule has 0 heterocycles. The summed E-state index contributed by atoms with van der Waals surface area (Å²) < 4.78 is 23.1. The normalized spacial score (nSPS) is 12.0. The number of aliphatic hydroxyl groups excluding tert-OH is 1. The van der Waals surface area contributed by atoms with Gasteiger partial charge in [-0.3, -0.25) is 0 Å². The lowest BCUT2D eigenvalue weighted by Gasteiger charge is -2.13. The minimum absolute atomic E-state index is 0.189. The highest BCUT2D eigenvalue weighted by Gasteiger charge is 2.16. The maximum absolute atomic E-state index is 13.1. The summed E-state index contributed by atoms with van der Waals surface area (Å²) in [6.45, 7) is 3.18. The molecule has 1 atom stereocenters. The monoisotopic (exact) mass is 242 g/mol. The number of aliphatic hydroxyl groups is 1. The first-order valence-corrected chi connectivity index (χ1v) is 5.30. The van der Waals surface area contributed by atoms with Gasteiger partial charge in [0.1, 0.15) is 11.6 Å². The minimum Gasteiger partial charge on any atom is -0.479 e. The van der Waals surface area contributed by atoms with E-state index in [1.807, 2.05) is 0 Å². The summed E-state index contributed by atoms with van der Waals surface area (Å²) in [5, 5.41) is 8.90. The van der Waals surface area contributed by atoms with Gasteiger partial charge >= 0.3 is 5.97 Å². The highest BCUT2D eigenvalue weighted by atomic mass is 19.1. The first-order chi connectivity index (χ1) is 8.06. The molecule has 0 aliphatic carbocycles. The number of benzene rings is 1. The van der Waals surface area contributed by atoms with E-state index in [0.29, 0.717) is 5.56 Å². The fraction of sp³-hybridized carbons (Fsp3) is 0.417. The fourth-order valence-corrected chi connectivity index (χ4v) is 1.29. The quantitative estimate of drug-likeness (QED) is 0.798. The van der Waals surface area contributed by atoms with Gasteiger partial charge in [-0.05, 0) is 31.5 Å². The lowest BCUT2D eigenvalue weighted by Crippen LogP contribution is -2.26. The van der Waals surface area contributed by atoms with Gasteiger partial charge in [0.15, 0.2) is 6.10 Å². The van der Waals surface area contributed by atoms with Crippen LogP contribution in [0.5, 0.6) is 5.75 Å². The Morgan fingerprint density at radius 2 is 2.18 bits per heavy atom. The topological polar surface area (TPSA) is 55.8 Å². The predicted molar refractivity (Wildman–Crippen MR) is 59.0 cm³/mol. The molecule has 1 aromatic carbocycles. The Bertz CT molecular complexity index is 392. The molecular formula is C12H15FO4. The van der Waals surface area contributed by atoms with Gasteiger partial charge in [-0.15, -0.1) is 0 Å². The van der Waals surface area contributed by atoms with Crippen LogP contribution in [0.2, 0.25) is 0 Å². The third kappa shape index (κ3) is 4.03. The van der Waals surface area contributed by atoms with Crippen molar-refractivity contribution in [3.8, 4) is 5.75 Å². The molecule has 17 heavy (non-hydrogen) atoms. The van der Waals surface area contributed by atoms with Crippen LogP contribution in [0.25, 0.3) is 0 Å². The van der Waals surface area contributed by atoms with Crippen LogP contribution in [0, 0.1) is 5.82 Å². The maximum Gasteiger partial charge on any atom is 0.347 e. The molecule has 0 amide bonds. The zero-order valence-corrected chi connectivity index (χ0v) is 9.77. The van der Waals surface area contributed by atoms with E-state index in [2.05, 4.69) is 0 Å². The molecule has 0 fully saturated rings. The van der Waals surface area contributed by atoms with E-state index in [1.165, 1.54) is 19.1 Å². The van der Waals surface area contributed by atoms with Crippen molar-refractivity contribution in [2.45, 2.75) is 26.6 Å². The fourth-order valence-electron chi connectivity index (χ4n) is 1.29. The molecule has 1 unspecified atom stereocenters. The van der Waals surface area contributed by atoms with Crippen molar-refractivity contribution < 1.29 is 23.8 Å². The van der Waals surface area contributed by atoms with Crippen LogP contribution in [-0.4, -0.2) is 23.8 Å². The van der Waals surface area contributed by atoms with E-state index in [1.54, 1.807) is 6.92 Å². The molecule has 1 rings (SSSR count). The van der Waals surface area contributed by atoms with E-state index >= 15 is 0 Å². The number of carbonyl (C=O) groups excluding carboxylic acids is 1. The summed E-state index contributed by atoms with van der Waals surface area (Å²) in [4.78, 5) is 11.3. The number of hydrogen-bond donors (Lipinski definition) is 1. The van der Waals surface area contributed by atoms with E-state index < -0.39 is 17.9 Å². The largest absolute Gasteiger partial charge is 0.479 e. The van der Waals surface area contributed by atoms with Crippen LogP contribution in [0.3, 0.4) is 0 Å². The highest BCUT2D eigenvalue weighted by molar-refractivity contribution is 5.74. The second-order valence-corrected chi connectivity index (χ2v) is 3.47. The van der Waals surface area contributed by atoms with Crippen LogP contribution >= 0.6 is 0 Å². The SMILES string of the molecule is CCOC(=O)C(C)Oc1cc(F)cc(CO)c1. The molecule has 0 aliphatic heterocycles. The van der Waals surface area contributed by atoms with E-state index in [9.17, 15) is 9.18 Å². The molecule has 1 aromatic rings. The molecule has 0 radical (unpaired) electrons. The Balaban J connectivity index is 2.73. The molecule has 0 spiro atoms. The first kappa shape index (κ1) is 13.4. The third-order valence-corrected chi connectivity index (χ3v) is 2.05. The molecule has 0 saturated heterocycles. The zero-order chi connectivity index (χ0) is 12.8. The summed E-state index contributed by atoms with van der Waals surface area (Å²) in [5.74, 6) is -0.848. The van der Waals surface area contributed by atoms with Crippen molar-refractivity contribution in [2.75, 3.05) is 6.61 Å². The standard InChI is InChI=1S/C12H15FO4/c1-3-16-12(15)8(2)17-11-5-9(7-14)4-10(13)6-11/h4-6,8,14H,3,7H2,1-2H3. The van der Waals surface area contributed by atoms with Crippen LogP contribution in [0.1, 0.15) is 19.4 Å². The maximum atomic E-state index is 13.1. The smallest absolute Gasteiger partial charge is 0.347 e. The van der Waals surface area contributed by atoms with Crippen LogP contribution in [-0.2, 0) is 16.1 Å². The number of esters is 1. The van der Waals surface area contributed by atoms with Crippen molar-refractivity contribution in [1.82, 2.24) is 0 Å². The molecule has 94 valence electrons. The molecule has 4 nitrogen and oxygen atoms in total. The zero-order valence-electron chi connectivity index (χ0n) is 9.77. The van der Waals surface area contributed by atoms with Gasteiger partial charge in [0.05, 0.1) is 13.2 Å². The number of rotatable bonds is 5. The average molecular weight is 242 g/mol. The molecule has 0 saturated carbocycles. The Hall–Kier alpha value is -1.62. The van der Waals surface area contributed by atoms with Gasteiger partial charge in [0, 0.05) is 6.07 Å². The lowest BCUT2D eigenvalue weighted by molar-refractivity contribution is -0.150. The van der Waals surface area contributed by atoms with Crippen molar-refractivity contribution in [1.29, 1.82) is 0 Å². The molecule has 0 bridgehead atoms. The molecule has 0 aromatic heterocycles. The number of hydrogen-bond acceptors (Lipinski definition) is 4. The van der Waals surface area contributed by atoms with Gasteiger partial charge in [0.2, 0.25) is 0 Å². The summed E-state index contributed by atoms with van der Waals surface area (Å²) >= 11 is 0. The summed E-state index contributed by atoms with van der Waals surface area (Å²) in [6, 6.07) is 3.82. The van der Waals surface area contributed by atoms with Crippen LogP contribution < -0.4 is 4.74 Å². The molecular weight excluding hydrogens is 227 g/mol. The summed E-state index contributed by atoms with van der Waals surface area (Å²) in [7, 11) is 0. The molecule has 5 heteroatoms. The Kier molecular flexibility index (Phi) is 4.90. The highest BCUT2D eigenvalue weighted by Crippen LogP contribution is 2.18. The second kappa shape index (κ2) is 6.20. The van der Waals surface area contributed by atoms with Gasteiger partial charge < -0.3 is 14.6 Å². The third-order valence-electron chi connectivity index (χ3n) is 2.05. The summed E-state index contributed by atoms with van der Waals surface area (Å²) in [5.41, 5.74) is 0.385. The Morgan fingerprint density at radius 3 is 2.76 bits per heavy atom. The molecule has 0 aliphatic rings. The van der Waals surface area contributed by atoms with Crippen LogP contribution in [0.4, 0.5) is 4.39 Å². The first-order valence-electron chi connectivity index (χ1n) is 5.30. The number of carbonyl (C=O) groups is 1. The second-order valence-electron chi connectivity index (χ2n) is 3.47. The number of ether oxygens (including phenoxy) is 2. The number of halogens is 1. The Labute approximate surface area is 99.0 Å². The average Bonchev–Trinajstić information content (AvgIpc) is 2.28. The van der Waals surface area contributed by atoms with E-state index in [0.717, 1.165) is 6.07 Å². The lowest BCUT2D eigenvalue weighted by atomic mass is 10.2. The van der Waals surface area contributed by atoms with Gasteiger partial charge in [-0.1, -0.05) is 0 Å². The van der Waals surface area contributed by atoms with Crippen molar-refractivity contribution in [3.63, 3.8) is 0 Å². The minimum atomic E-state index is -0.816. The van der Waals surface area contributed by atoms with Crippen molar-refractivity contribution in [3.05, 3.63) is 29.6 Å². The predicted octanol–water partition coefficient (Wildman–Crippen LogP) is 1.65.